The molecule has 1 aromatic carbocycles. The number of hydrogen-bond acceptors (Lipinski definition) is 5. The third kappa shape index (κ3) is 3.58. The number of nitrogens with zero attached hydrogens (tertiary/aromatic N) is 1. The number of amides is 4. The molecule has 1 unspecified atom stereocenters. The predicted molar refractivity (Wildman–Crippen MR) is 93.2 cm³/mol. The Morgan fingerprint density at radius 2 is 1.85 bits per heavy atom. The Labute approximate surface area is 155 Å². The zero-order valence-electron chi connectivity index (χ0n) is 14.1. The molecule has 0 aliphatic carbocycles. The molecule has 0 radical (unpaired) electrons. The van der Waals surface area contributed by atoms with Gasteiger partial charge in [-0.2, -0.15) is 0 Å². The van der Waals surface area contributed by atoms with Crippen molar-refractivity contribution in [3.63, 3.8) is 0 Å². The van der Waals surface area contributed by atoms with Crippen molar-refractivity contribution in [2.75, 3.05) is 12.5 Å². The molecule has 1 aromatic rings. The number of benzene rings is 1. The molecule has 1 fully saturated rings. The largest absolute Gasteiger partial charge is 0.494 e. The number of ether oxygens (including phenoxy) is 1. The van der Waals surface area contributed by atoms with Crippen LogP contribution in [0.5, 0.6) is 5.75 Å². The Morgan fingerprint density at radius 1 is 1.08 bits per heavy atom. The van der Waals surface area contributed by atoms with Gasteiger partial charge in [-0.1, -0.05) is 0 Å². The standard InChI is InChI=1S/C18H19ClN2O5/c19-8-2-1-3-9-26-11-4-5-12-13(10-11)18(25)21(17(12)24)14-6-7-15(22)20-16(14)23/h4-5,10,14H,1-3,6-9H2,(H,20,22,23). The van der Waals surface area contributed by atoms with E-state index in [1.165, 1.54) is 12.1 Å². The fourth-order valence-corrected chi connectivity index (χ4v) is 3.29. The summed E-state index contributed by atoms with van der Waals surface area (Å²) in [6.45, 7) is 0.495. The van der Waals surface area contributed by atoms with Crippen molar-refractivity contribution < 1.29 is 23.9 Å². The normalized spacial score (nSPS) is 19.6. The van der Waals surface area contributed by atoms with E-state index in [0.29, 0.717) is 18.2 Å². The molecule has 4 amide bonds. The minimum absolute atomic E-state index is 0.0977. The third-order valence-corrected chi connectivity index (χ3v) is 4.73. The highest BCUT2D eigenvalue weighted by molar-refractivity contribution is 6.23. The predicted octanol–water partition coefficient (Wildman–Crippen LogP) is 1.88. The van der Waals surface area contributed by atoms with Crippen LogP contribution in [0.1, 0.15) is 52.8 Å². The Balaban J connectivity index is 1.71. The average molecular weight is 379 g/mol. The summed E-state index contributed by atoms with van der Waals surface area (Å²) >= 11 is 5.63. The van der Waals surface area contributed by atoms with Gasteiger partial charge >= 0.3 is 0 Å². The van der Waals surface area contributed by atoms with Gasteiger partial charge in [0, 0.05) is 12.3 Å². The molecule has 1 atom stereocenters. The Bertz CT molecular complexity index is 764. The van der Waals surface area contributed by atoms with E-state index in [1.54, 1.807) is 6.07 Å². The molecule has 138 valence electrons. The van der Waals surface area contributed by atoms with Gasteiger partial charge in [0.2, 0.25) is 11.8 Å². The van der Waals surface area contributed by atoms with Crippen LogP contribution in [-0.2, 0) is 9.59 Å². The first-order valence-corrected chi connectivity index (χ1v) is 9.11. The number of nitrogens with one attached hydrogen (secondary N) is 1. The molecule has 2 aliphatic heterocycles. The Morgan fingerprint density at radius 3 is 2.58 bits per heavy atom. The molecule has 0 saturated carbocycles. The molecular weight excluding hydrogens is 360 g/mol. The lowest BCUT2D eigenvalue weighted by Gasteiger charge is -2.27. The summed E-state index contributed by atoms with van der Waals surface area (Å²) in [5, 5.41) is 2.17. The highest BCUT2D eigenvalue weighted by atomic mass is 35.5. The highest BCUT2D eigenvalue weighted by Crippen LogP contribution is 2.30. The number of fused-ring (bicyclic) bond motifs is 1. The second-order valence-electron chi connectivity index (χ2n) is 6.25. The summed E-state index contributed by atoms with van der Waals surface area (Å²) in [7, 11) is 0. The summed E-state index contributed by atoms with van der Waals surface area (Å²) in [6.07, 6.45) is 2.96. The zero-order chi connectivity index (χ0) is 18.7. The lowest BCUT2D eigenvalue weighted by atomic mass is 10.0. The molecule has 7 nitrogen and oxygen atoms in total. The number of unbranched alkanes of at least 4 members (excludes halogenated alkanes) is 2. The average Bonchev–Trinajstić information content (AvgIpc) is 2.86. The number of piperidine rings is 1. The highest BCUT2D eigenvalue weighted by Gasteiger charge is 2.44. The van der Waals surface area contributed by atoms with Crippen LogP contribution < -0.4 is 10.1 Å². The minimum Gasteiger partial charge on any atom is -0.494 e. The molecular formula is C18H19ClN2O5. The van der Waals surface area contributed by atoms with Gasteiger partial charge in [0.1, 0.15) is 11.8 Å². The second kappa shape index (κ2) is 7.86. The number of imide groups is 2. The van der Waals surface area contributed by atoms with Gasteiger partial charge < -0.3 is 4.74 Å². The lowest BCUT2D eigenvalue weighted by Crippen LogP contribution is -2.54. The van der Waals surface area contributed by atoms with E-state index in [4.69, 9.17) is 16.3 Å². The third-order valence-electron chi connectivity index (χ3n) is 4.46. The first-order valence-electron chi connectivity index (χ1n) is 8.57. The molecule has 1 N–H and O–H groups in total. The monoisotopic (exact) mass is 378 g/mol. The molecule has 8 heteroatoms. The molecule has 0 spiro atoms. The Kier molecular flexibility index (Phi) is 5.56. The number of carbonyl (C=O) groups excluding carboxylic acids is 4. The van der Waals surface area contributed by atoms with Gasteiger partial charge in [-0.25, -0.2) is 0 Å². The van der Waals surface area contributed by atoms with E-state index in [-0.39, 0.29) is 24.0 Å². The molecule has 2 aliphatic rings. The maximum absolute atomic E-state index is 12.7. The summed E-state index contributed by atoms with van der Waals surface area (Å²) in [5.41, 5.74) is 0.465. The summed E-state index contributed by atoms with van der Waals surface area (Å²) in [6, 6.07) is 3.75. The van der Waals surface area contributed by atoms with Crippen molar-refractivity contribution in [2.45, 2.75) is 38.1 Å². The fourth-order valence-electron chi connectivity index (χ4n) is 3.10. The van der Waals surface area contributed by atoms with E-state index >= 15 is 0 Å². The fraction of sp³-hybridized carbons (Fsp3) is 0.444. The topological polar surface area (TPSA) is 92.8 Å². The van der Waals surface area contributed by atoms with Gasteiger partial charge in [-0.3, -0.25) is 29.4 Å². The van der Waals surface area contributed by atoms with Crippen LogP contribution in [0.2, 0.25) is 0 Å². The lowest BCUT2D eigenvalue weighted by molar-refractivity contribution is -0.136. The molecule has 2 heterocycles. The maximum atomic E-state index is 12.7. The zero-order valence-corrected chi connectivity index (χ0v) is 14.9. The van der Waals surface area contributed by atoms with Gasteiger partial charge in [-0.05, 0) is 43.9 Å². The number of hydrogen-bond donors (Lipinski definition) is 1. The smallest absolute Gasteiger partial charge is 0.262 e. The van der Waals surface area contributed by atoms with Crippen LogP contribution in [0.25, 0.3) is 0 Å². The van der Waals surface area contributed by atoms with Crippen molar-refractivity contribution >= 4 is 35.2 Å². The van der Waals surface area contributed by atoms with Gasteiger partial charge in [0.15, 0.2) is 0 Å². The van der Waals surface area contributed by atoms with E-state index in [9.17, 15) is 19.2 Å². The molecule has 26 heavy (non-hydrogen) atoms. The van der Waals surface area contributed by atoms with E-state index in [1.807, 2.05) is 0 Å². The first-order chi connectivity index (χ1) is 12.5. The van der Waals surface area contributed by atoms with Crippen molar-refractivity contribution in [1.29, 1.82) is 0 Å². The number of carbonyl (C=O) groups is 4. The van der Waals surface area contributed by atoms with Crippen LogP contribution >= 0.6 is 11.6 Å². The van der Waals surface area contributed by atoms with Crippen molar-refractivity contribution in [3.8, 4) is 5.75 Å². The van der Waals surface area contributed by atoms with Gasteiger partial charge in [0.05, 0.1) is 17.7 Å². The van der Waals surface area contributed by atoms with Crippen LogP contribution in [0, 0.1) is 0 Å². The van der Waals surface area contributed by atoms with Crippen molar-refractivity contribution in [2.24, 2.45) is 0 Å². The quantitative estimate of drug-likeness (QED) is 0.444. The van der Waals surface area contributed by atoms with Crippen molar-refractivity contribution in [1.82, 2.24) is 10.2 Å². The number of rotatable bonds is 7. The van der Waals surface area contributed by atoms with E-state index in [2.05, 4.69) is 5.32 Å². The van der Waals surface area contributed by atoms with Gasteiger partial charge in [0.25, 0.3) is 11.8 Å². The Hall–Kier alpha value is -2.41. The van der Waals surface area contributed by atoms with Crippen molar-refractivity contribution in [3.05, 3.63) is 29.3 Å². The number of alkyl halides is 1. The first kappa shape index (κ1) is 18.4. The summed E-state index contributed by atoms with van der Waals surface area (Å²) in [5.74, 6) is -0.952. The SMILES string of the molecule is O=C1CCC(N2C(=O)c3ccc(OCCCCCCl)cc3C2=O)C(=O)N1. The van der Waals surface area contributed by atoms with Crippen LogP contribution in [0.4, 0.5) is 0 Å². The minimum atomic E-state index is -0.958. The molecule has 1 saturated heterocycles. The number of halogens is 1. The second-order valence-corrected chi connectivity index (χ2v) is 6.63. The maximum Gasteiger partial charge on any atom is 0.262 e. The molecule has 0 aromatic heterocycles. The van der Waals surface area contributed by atoms with E-state index < -0.39 is 29.7 Å². The van der Waals surface area contributed by atoms with Crippen LogP contribution in [0.3, 0.4) is 0 Å². The molecule has 0 bridgehead atoms. The van der Waals surface area contributed by atoms with Crippen LogP contribution in [-0.4, -0.2) is 47.1 Å². The van der Waals surface area contributed by atoms with E-state index in [0.717, 1.165) is 24.2 Å². The van der Waals surface area contributed by atoms with Crippen LogP contribution in [0.15, 0.2) is 18.2 Å². The molecule has 3 rings (SSSR count). The summed E-state index contributed by atoms with van der Waals surface area (Å²) < 4.78 is 5.63. The van der Waals surface area contributed by atoms with Gasteiger partial charge in [-0.15, -0.1) is 11.6 Å². The summed E-state index contributed by atoms with van der Waals surface area (Å²) in [4.78, 5) is 49.5.